The Morgan fingerprint density at radius 3 is 2.92 bits per heavy atom. The Morgan fingerprint density at radius 1 is 1.42 bits per heavy atom. The first-order chi connectivity index (χ1) is 5.88. The van der Waals surface area contributed by atoms with Gasteiger partial charge in [-0.1, -0.05) is 33.1 Å². The van der Waals surface area contributed by atoms with E-state index in [9.17, 15) is 0 Å². The highest BCUT2D eigenvalue weighted by Gasteiger charge is 2.24. The zero-order valence-corrected chi connectivity index (χ0v) is 8.31. The maximum absolute atomic E-state index is 3.92. The summed E-state index contributed by atoms with van der Waals surface area (Å²) in [7, 11) is 0. The number of rotatable bonds is 5. The van der Waals surface area contributed by atoms with E-state index in [-0.39, 0.29) is 0 Å². The highest BCUT2D eigenvalue weighted by molar-refractivity contribution is 4.83. The van der Waals surface area contributed by atoms with Gasteiger partial charge in [0.15, 0.2) is 0 Å². The zero-order valence-electron chi connectivity index (χ0n) is 8.31. The maximum atomic E-state index is 3.92. The van der Waals surface area contributed by atoms with Gasteiger partial charge in [-0.25, -0.2) is 0 Å². The molecule has 0 amide bonds. The Balaban J connectivity index is 2.20. The Morgan fingerprint density at radius 2 is 2.25 bits per heavy atom. The Bertz CT molecular complexity index is 112. The van der Waals surface area contributed by atoms with Crippen LogP contribution in [0.25, 0.3) is 0 Å². The molecule has 0 aromatic rings. The van der Waals surface area contributed by atoms with Crippen LogP contribution in [0.15, 0.2) is 0 Å². The van der Waals surface area contributed by atoms with Crippen molar-refractivity contribution in [2.45, 2.75) is 51.5 Å². The van der Waals surface area contributed by atoms with Crippen LogP contribution in [0.2, 0.25) is 0 Å². The summed E-state index contributed by atoms with van der Waals surface area (Å²) in [6.45, 7) is 7.44. The van der Waals surface area contributed by atoms with Crippen LogP contribution in [0.4, 0.5) is 0 Å². The van der Waals surface area contributed by atoms with E-state index in [1.165, 1.54) is 38.6 Å². The first-order valence-corrected chi connectivity index (χ1v) is 5.41. The third kappa shape index (κ3) is 2.78. The largest absolute Gasteiger partial charge is 0.314 e. The summed E-state index contributed by atoms with van der Waals surface area (Å²) in [5.41, 5.74) is 0. The smallest absolute Gasteiger partial charge is 0.00958 e. The molecule has 12 heavy (non-hydrogen) atoms. The minimum absolute atomic E-state index is 0.786. The molecule has 0 saturated carbocycles. The van der Waals surface area contributed by atoms with Crippen molar-refractivity contribution < 1.29 is 0 Å². The van der Waals surface area contributed by atoms with E-state index in [0.717, 1.165) is 18.4 Å². The SMILES string of the molecule is [CH2]CCC1NCCC1CCCC. The Hall–Kier alpha value is -0.0400. The molecule has 1 heteroatoms. The molecule has 0 spiro atoms. The fourth-order valence-corrected chi connectivity index (χ4v) is 2.19. The fraction of sp³-hybridized carbons (Fsp3) is 0.909. The van der Waals surface area contributed by atoms with Crippen LogP contribution >= 0.6 is 0 Å². The van der Waals surface area contributed by atoms with Gasteiger partial charge in [-0.05, 0) is 31.7 Å². The van der Waals surface area contributed by atoms with Crippen LogP contribution in [0.3, 0.4) is 0 Å². The second kappa shape index (κ2) is 5.58. The molecule has 0 aliphatic carbocycles. The van der Waals surface area contributed by atoms with Gasteiger partial charge in [-0.2, -0.15) is 0 Å². The van der Waals surface area contributed by atoms with Gasteiger partial charge in [-0.15, -0.1) is 0 Å². The molecule has 1 heterocycles. The summed E-state index contributed by atoms with van der Waals surface area (Å²) < 4.78 is 0. The molecule has 0 aromatic carbocycles. The van der Waals surface area contributed by atoms with Gasteiger partial charge in [0.2, 0.25) is 0 Å². The molecule has 2 unspecified atom stereocenters. The molecule has 0 bridgehead atoms. The summed E-state index contributed by atoms with van der Waals surface area (Å²) >= 11 is 0. The van der Waals surface area contributed by atoms with Crippen molar-refractivity contribution in [3.63, 3.8) is 0 Å². The molecule has 2 atom stereocenters. The average Bonchev–Trinajstić information content (AvgIpc) is 2.50. The molecule has 0 aromatic heterocycles. The molecule has 1 nitrogen and oxygen atoms in total. The molecule has 1 aliphatic rings. The van der Waals surface area contributed by atoms with Crippen LogP contribution in [-0.2, 0) is 0 Å². The standard InChI is InChI=1S/C11H22N/c1-3-5-7-10-8-9-12-11(10)6-4-2/h10-12H,2-9H2,1H3. The number of nitrogens with one attached hydrogen (secondary N) is 1. The molecule has 71 valence electrons. The zero-order chi connectivity index (χ0) is 8.81. The summed E-state index contributed by atoms with van der Waals surface area (Å²) in [5.74, 6) is 0.951. The number of hydrogen-bond acceptors (Lipinski definition) is 1. The molecule has 1 fully saturated rings. The molecule has 1 N–H and O–H groups in total. The van der Waals surface area contributed by atoms with Crippen molar-refractivity contribution in [1.82, 2.24) is 5.32 Å². The van der Waals surface area contributed by atoms with E-state index in [1.807, 2.05) is 0 Å². The van der Waals surface area contributed by atoms with Crippen LogP contribution in [0, 0.1) is 12.8 Å². The lowest BCUT2D eigenvalue weighted by atomic mass is 9.92. The second-order valence-corrected chi connectivity index (χ2v) is 3.89. The van der Waals surface area contributed by atoms with Gasteiger partial charge in [0.05, 0.1) is 0 Å². The molecule has 1 radical (unpaired) electrons. The van der Waals surface area contributed by atoms with Gasteiger partial charge in [0.25, 0.3) is 0 Å². The average molecular weight is 168 g/mol. The summed E-state index contributed by atoms with van der Waals surface area (Å²) in [4.78, 5) is 0. The number of hydrogen-bond donors (Lipinski definition) is 1. The van der Waals surface area contributed by atoms with E-state index < -0.39 is 0 Å². The quantitative estimate of drug-likeness (QED) is 0.665. The minimum atomic E-state index is 0.786. The Labute approximate surface area is 76.9 Å². The van der Waals surface area contributed by atoms with E-state index >= 15 is 0 Å². The highest BCUT2D eigenvalue weighted by Crippen LogP contribution is 2.24. The van der Waals surface area contributed by atoms with Crippen molar-refractivity contribution in [3.8, 4) is 0 Å². The summed E-state index contributed by atoms with van der Waals surface area (Å²) in [5, 5.41) is 3.58. The fourth-order valence-electron chi connectivity index (χ4n) is 2.19. The van der Waals surface area contributed by atoms with E-state index in [4.69, 9.17) is 0 Å². The lowest BCUT2D eigenvalue weighted by molar-refractivity contribution is 0.390. The van der Waals surface area contributed by atoms with Gasteiger partial charge >= 0.3 is 0 Å². The van der Waals surface area contributed by atoms with Gasteiger partial charge in [0.1, 0.15) is 0 Å². The predicted octanol–water partition coefficient (Wildman–Crippen LogP) is 2.77. The van der Waals surface area contributed by atoms with E-state index in [1.54, 1.807) is 0 Å². The normalized spacial score (nSPS) is 29.5. The van der Waals surface area contributed by atoms with Crippen molar-refractivity contribution in [2.24, 2.45) is 5.92 Å². The molecule has 1 saturated heterocycles. The molecular formula is C11H22N. The van der Waals surface area contributed by atoms with Crippen LogP contribution in [0.1, 0.15) is 45.4 Å². The topological polar surface area (TPSA) is 12.0 Å². The first-order valence-electron chi connectivity index (χ1n) is 5.41. The van der Waals surface area contributed by atoms with Crippen LogP contribution in [-0.4, -0.2) is 12.6 Å². The molecular weight excluding hydrogens is 146 g/mol. The summed E-state index contributed by atoms with van der Waals surface area (Å²) in [6.07, 6.45) is 7.92. The third-order valence-corrected chi connectivity index (χ3v) is 2.93. The third-order valence-electron chi connectivity index (χ3n) is 2.93. The van der Waals surface area contributed by atoms with Crippen molar-refractivity contribution >= 4 is 0 Å². The predicted molar refractivity (Wildman–Crippen MR) is 54.0 cm³/mol. The highest BCUT2D eigenvalue weighted by atomic mass is 14.9. The van der Waals surface area contributed by atoms with Gasteiger partial charge in [0, 0.05) is 6.04 Å². The van der Waals surface area contributed by atoms with Crippen LogP contribution < -0.4 is 5.32 Å². The summed E-state index contributed by atoms with van der Waals surface area (Å²) in [6, 6.07) is 0.786. The van der Waals surface area contributed by atoms with Gasteiger partial charge in [-0.3, -0.25) is 0 Å². The molecule has 1 aliphatic heterocycles. The van der Waals surface area contributed by atoms with Crippen molar-refractivity contribution in [1.29, 1.82) is 0 Å². The van der Waals surface area contributed by atoms with E-state index in [0.29, 0.717) is 0 Å². The Kier molecular flexibility index (Phi) is 4.67. The molecule has 1 rings (SSSR count). The monoisotopic (exact) mass is 168 g/mol. The van der Waals surface area contributed by atoms with Crippen molar-refractivity contribution in [3.05, 3.63) is 6.92 Å². The lowest BCUT2D eigenvalue weighted by Gasteiger charge is -2.18. The second-order valence-electron chi connectivity index (χ2n) is 3.89. The van der Waals surface area contributed by atoms with E-state index in [2.05, 4.69) is 19.2 Å². The minimum Gasteiger partial charge on any atom is -0.314 e. The lowest BCUT2D eigenvalue weighted by Crippen LogP contribution is -2.26. The first kappa shape index (κ1) is 10.0. The van der Waals surface area contributed by atoms with Gasteiger partial charge < -0.3 is 5.32 Å². The number of unbranched alkanes of at least 4 members (excludes halogenated alkanes) is 1. The van der Waals surface area contributed by atoms with Crippen molar-refractivity contribution in [2.75, 3.05) is 6.54 Å². The van der Waals surface area contributed by atoms with Crippen LogP contribution in [0.5, 0.6) is 0 Å². The maximum Gasteiger partial charge on any atom is 0.00958 e.